The van der Waals surface area contributed by atoms with Crippen molar-refractivity contribution in [2.75, 3.05) is 13.1 Å². The van der Waals surface area contributed by atoms with Crippen LogP contribution in [0.5, 0.6) is 0 Å². The van der Waals surface area contributed by atoms with E-state index in [1.54, 1.807) is 25.7 Å². The van der Waals surface area contributed by atoms with Crippen LogP contribution in [0.1, 0.15) is 79.0 Å². The van der Waals surface area contributed by atoms with Crippen molar-refractivity contribution < 1.29 is 27.8 Å². The molecule has 3 heterocycles. The number of fused-ring (bicyclic) bond motifs is 4. The number of alkyl halides is 2. The second-order valence-corrected chi connectivity index (χ2v) is 14.7. The minimum atomic E-state index is -3.10. The van der Waals surface area contributed by atoms with Crippen molar-refractivity contribution in [2.24, 2.45) is 0 Å². The Kier molecular flexibility index (Phi) is 8.33. The first-order valence-electron chi connectivity index (χ1n) is 16.2. The molecule has 0 radical (unpaired) electrons. The fraction of sp³-hybridized carbons (Fsp3) is 0.444. The summed E-state index contributed by atoms with van der Waals surface area (Å²) in [6, 6.07) is 15.8. The molecule has 2 amide bonds. The van der Waals surface area contributed by atoms with Gasteiger partial charge in [0.15, 0.2) is 0 Å². The van der Waals surface area contributed by atoms with Gasteiger partial charge in [-0.05, 0) is 95.2 Å². The summed E-state index contributed by atoms with van der Waals surface area (Å²) in [6.45, 7) is 11.1. The average molecular weight is 661 g/mol. The summed E-state index contributed by atoms with van der Waals surface area (Å²) in [7, 11) is 0. The zero-order chi connectivity index (χ0) is 34.6. The molecule has 1 aliphatic heterocycles. The van der Waals surface area contributed by atoms with Gasteiger partial charge >= 0.3 is 12.2 Å². The fourth-order valence-corrected chi connectivity index (χ4v) is 6.10. The highest BCUT2D eigenvalue weighted by molar-refractivity contribution is 6.05. The van der Waals surface area contributed by atoms with Crippen LogP contribution in [-0.2, 0) is 16.0 Å². The number of likely N-dealkylation sites (tertiary alicyclic amines) is 1. The van der Waals surface area contributed by atoms with Crippen LogP contribution < -0.4 is 0 Å². The van der Waals surface area contributed by atoms with E-state index in [1.807, 2.05) is 57.2 Å². The van der Waals surface area contributed by atoms with Crippen molar-refractivity contribution in [3.8, 4) is 11.1 Å². The van der Waals surface area contributed by atoms with E-state index >= 15 is 0 Å². The molecule has 0 aliphatic carbocycles. The molecule has 254 valence electrons. The van der Waals surface area contributed by atoms with Gasteiger partial charge in [-0.2, -0.15) is 0 Å². The van der Waals surface area contributed by atoms with Crippen LogP contribution >= 0.6 is 0 Å². The molecule has 6 rings (SSSR count). The number of H-pyrrole nitrogens is 2. The Morgan fingerprint density at radius 2 is 1.58 bits per heavy atom. The van der Waals surface area contributed by atoms with Gasteiger partial charge in [-0.25, -0.2) is 28.3 Å². The standard InChI is InChI=1S/C36H42F2N6O4/c1-34(2,3)47-32(45)43(20-36(7,37)38)19-29-39-25-14-11-22(18-27(25)40-29)21-10-13-24-23(17-21)12-15-26-30(24)42-31(41-26)28-9-8-16-44(28)33(46)48-35(4,5)6/h10-15,17-18,28H,8-9,16,19-20H2,1-7H3,(H,39,40)(H,41,42)/t28-/m0/s1. The number of hydrogen-bond donors (Lipinski definition) is 2. The second kappa shape index (κ2) is 12.1. The van der Waals surface area contributed by atoms with Crippen LogP contribution in [0.25, 0.3) is 44.0 Å². The van der Waals surface area contributed by atoms with Gasteiger partial charge in [0.05, 0.1) is 41.2 Å². The first kappa shape index (κ1) is 33.2. The lowest BCUT2D eigenvalue weighted by molar-refractivity contribution is -0.0324. The molecule has 48 heavy (non-hydrogen) atoms. The summed E-state index contributed by atoms with van der Waals surface area (Å²) in [5.74, 6) is -1.98. The maximum atomic E-state index is 14.0. The number of ether oxygens (including phenoxy) is 2. The van der Waals surface area contributed by atoms with Crippen molar-refractivity contribution in [2.45, 2.75) is 91.0 Å². The topological polar surface area (TPSA) is 116 Å². The fourth-order valence-electron chi connectivity index (χ4n) is 6.10. The Bertz CT molecular complexity index is 2000. The summed E-state index contributed by atoms with van der Waals surface area (Å²) in [5.41, 5.74) is 3.62. The number of imidazole rings is 2. The summed E-state index contributed by atoms with van der Waals surface area (Å²) in [4.78, 5) is 44.5. The number of nitrogens with zero attached hydrogens (tertiary/aromatic N) is 4. The van der Waals surface area contributed by atoms with Crippen LogP contribution in [0.4, 0.5) is 18.4 Å². The molecular formula is C36H42F2N6O4. The SMILES string of the molecule is CC(F)(F)CN(Cc1nc2ccc(-c3ccc4c(ccc5nc([C@@H]6CCCN6C(=O)OC(C)(C)C)[nH]c54)c3)cc2[nH]1)C(=O)OC(C)(C)C. The van der Waals surface area contributed by atoms with E-state index in [-0.39, 0.29) is 18.7 Å². The third kappa shape index (κ3) is 7.37. The number of carbonyl (C=O) groups excluding carboxylic acids is 2. The van der Waals surface area contributed by atoms with Crippen LogP contribution in [0.15, 0.2) is 48.5 Å². The van der Waals surface area contributed by atoms with Crippen LogP contribution in [0.3, 0.4) is 0 Å². The summed E-state index contributed by atoms with van der Waals surface area (Å²) < 4.78 is 39.0. The molecule has 0 unspecified atom stereocenters. The molecule has 1 saturated heterocycles. The van der Waals surface area contributed by atoms with Crippen molar-refractivity contribution in [3.63, 3.8) is 0 Å². The molecule has 5 aromatic rings. The number of rotatable bonds is 6. The lowest BCUT2D eigenvalue weighted by atomic mass is 10.0. The number of benzene rings is 3. The smallest absolute Gasteiger partial charge is 0.410 e. The molecule has 10 nitrogen and oxygen atoms in total. The van der Waals surface area contributed by atoms with E-state index in [4.69, 9.17) is 14.5 Å². The molecule has 1 atom stereocenters. The molecule has 1 aliphatic rings. The summed E-state index contributed by atoms with van der Waals surface area (Å²) >= 11 is 0. The largest absolute Gasteiger partial charge is 0.444 e. The van der Waals surface area contributed by atoms with Gasteiger partial charge in [-0.15, -0.1) is 0 Å². The van der Waals surface area contributed by atoms with Gasteiger partial charge in [0.1, 0.15) is 22.9 Å². The van der Waals surface area contributed by atoms with Gasteiger partial charge in [0.2, 0.25) is 0 Å². The monoisotopic (exact) mass is 660 g/mol. The van der Waals surface area contributed by atoms with E-state index in [9.17, 15) is 18.4 Å². The lowest BCUT2D eigenvalue weighted by Gasteiger charge is -2.28. The first-order chi connectivity index (χ1) is 22.4. The maximum Gasteiger partial charge on any atom is 0.410 e. The van der Waals surface area contributed by atoms with Crippen LogP contribution in [-0.4, -0.2) is 72.1 Å². The molecular weight excluding hydrogens is 618 g/mol. The molecule has 0 bridgehead atoms. The highest BCUT2D eigenvalue weighted by atomic mass is 19.3. The molecule has 3 aromatic carbocycles. The van der Waals surface area contributed by atoms with Gasteiger partial charge in [-0.1, -0.05) is 24.3 Å². The van der Waals surface area contributed by atoms with Gasteiger partial charge in [0.25, 0.3) is 5.92 Å². The molecule has 12 heteroatoms. The molecule has 0 spiro atoms. The number of aromatic amines is 2. The number of nitrogens with one attached hydrogen (secondary N) is 2. The quantitative estimate of drug-likeness (QED) is 0.188. The first-order valence-corrected chi connectivity index (χ1v) is 16.2. The van der Waals surface area contributed by atoms with Crippen molar-refractivity contribution >= 4 is 45.0 Å². The maximum absolute atomic E-state index is 14.0. The van der Waals surface area contributed by atoms with Gasteiger partial charge in [-0.3, -0.25) is 9.80 Å². The molecule has 2 N–H and O–H groups in total. The third-order valence-corrected chi connectivity index (χ3v) is 8.01. The van der Waals surface area contributed by atoms with E-state index in [0.717, 1.165) is 68.9 Å². The number of halogens is 2. The number of amides is 2. The molecule has 2 aromatic heterocycles. The van der Waals surface area contributed by atoms with Crippen molar-refractivity contribution in [3.05, 3.63) is 60.2 Å². The van der Waals surface area contributed by atoms with E-state index in [2.05, 4.69) is 27.1 Å². The number of aromatic nitrogens is 4. The summed E-state index contributed by atoms with van der Waals surface area (Å²) in [5, 5.41) is 2.03. The van der Waals surface area contributed by atoms with E-state index in [0.29, 0.717) is 17.9 Å². The van der Waals surface area contributed by atoms with Crippen LogP contribution in [0.2, 0.25) is 0 Å². The third-order valence-electron chi connectivity index (χ3n) is 8.01. The van der Waals surface area contributed by atoms with Crippen molar-refractivity contribution in [1.82, 2.24) is 29.7 Å². The second-order valence-electron chi connectivity index (χ2n) is 14.7. The average Bonchev–Trinajstić information content (AvgIpc) is 3.71. The van der Waals surface area contributed by atoms with Crippen LogP contribution in [0, 0.1) is 0 Å². The Hall–Kier alpha value is -4.74. The highest BCUT2D eigenvalue weighted by Gasteiger charge is 2.35. The minimum absolute atomic E-state index is 0.156. The Balaban J connectivity index is 1.25. The zero-order valence-electron chi connectivity index (χ0n) is 28.4. The van der Waals surface area contributed by atoms with Gasteiger partial charge in [0, 0.05) is 18.9 Å². The predicted molar refractivity (Wildman–Crippen MR) is 181 cm³/mol. The predicted octanol–water partition coefficient (Wildman–Crippen LogP) is 8.72. The normalized spacial score (nSPS) is 15.9. The zero-order valence-corrected chi connectivity index (χ0v) is 28.4. The summed E-state index contributed by atoms with van der Waals surface area (Å²) in [6.07, 6.45) is 0.528. The number of hydrogen-bond acceptors (Lipinski definition) is 6. The van der Waals surface area contributed by atoms with Crippen molar-refractivity contribution in [1.29, 1.82) is 0 Å². The highest BCUT2D eigenvalue weighted by Crippen LogP contribution is 2.35. The molecule has 0 saturated carbocycles. The van der Waals surface area contributed by atoms with E-state index in [1.165, 1.54) is 0 Å². The van der Waals surface area contributed by atoms with Gasteiger partial charge < -0.3 is 19.4 Å². The number of carbonyl (C=O) groups is 2. The van der Waals surface area contributed by atoms with E-state index < -0.39 is 29.8 Å². The Labute approximate surface area is 277 Å². The lowest BCUT2D eigenvalue weighted by Crippen LogP contribution is -2.42. The molecule has 1 fully saturated rings. The Morgan fingerprint density at radius 1 is 0.896 bits per heavy atom. The minimum Gasteiger partial charge on any atom is -0.444 e. The Morgan fingerprint density at radius 3 is 2.29 bits per heavy atom.